The fourth-order valence-electron chi connectivity index (χ4n) is 1.55. The standard InChI is InChI=1S/C13H11N3O4/c1-8-6-10(16(18)19)7-15-13(8)20-11-4-2-9(3-5-11)12(14)17/h2-7H,1H3,(H2,14,17). The van der Waals surface area contributed by atoms with Crippen LogP contribution in [0.25, 0.3) is 0 Å². The van der Waals surface area contributed by atoms with Crippen LogP contribution in [0.1, 0.15) is 15.9 Å². The number of nitro groups is 1. The minimum atomic E-state index is -0.527. The lowest BCUT2D eigenvalue weighted by molar-refractivity contribution is -0.385. The van der Waals surface area contributed by atoms with Crippen LogP contribution in [0.2, 0.25) is 0 Å². The molecule has 0 radical (unpaired) electrons. The Bertz CT molecular complexity index is 668. The summed E-state index contributed by atoms with van der Waals surface area (Å²) < 4.78 is 5.49. The normalized spacial score (nSPS) is 10.1. The molecular formula is C13H11N3O4. The summed E-state index contributed by atoms with van der Waals surface area (Å²) in [4.78, 5) is 24.9. The van der Waals surface area contributed by atoms with Crippen LogP contribution in [-0.4, -0.2) is 15.8 Å². The number of hydrogen-bond acceptors (Lipinski definition) is 5. The summed E-state index contributed by atoms with van der Waals surface area (Å²) in [6, 6.07) is 7.57. The number of nitrogens with zero attached hydrogens (tertiary/aromatic N) is 2. The first-order valence-electron chi connectivity index (χ1n) is 5.66. The van der Waals surface area contributed by atoms with Crippen LogP contribution >= 0.6 is 0 Å². The number of primary amides is 1. The van der Waals surface area contributed by atoms with E-state index in [9.17, 15) is 14.9 Å². The van der Waals surface area contributed by atoms with Crippen LogP contribution in [0.4, 0.5) is 5.69 Å². The Hall–Kier alpha value is -2.96. The van der Waals surface area contributed by atoms with Gasteiger partial charge in [0, 0.05) is 17.2 Å². The quantitative estimate of drug-likeness (QED) is 0.678. The van der Waals surface area contributed by atoms with Gasteiger partial charge in [-0.05, 0) is 31.2 Å². The number of carbonyl (C=O) groups excluding carboxylic acids is 1. The zero-order valence-corrected chi connectivity index (χ0v) is 10.6. The van der Waals surface area contributed by atoms with Gasteiger partial charge in [0.2, 0.25) is 11.8 Å². The Morgan fingerprint density at radius 1 is 1.35 bits per heavy atom. The molecule has 1 heterocycles. The van der Waals surface area contributed by atoms with E-state index < -0.39 is 10.8 Å². The minimum absolute atomic E-state index is 0.0982. The summed E-state index contributed by atoms with van der Waals surface area (Å²) in [6.07, 6.45) is 1.13. The Labute approximate surface area is 114 Å². The summed E-state index contributed by atoms with van der Waals surface area (Å²) in [5.74, 6) is 0.197. The minimum Gasteiger partial charge on any atom is -0.439 e. The number of amides is 1. The van der Waals surface area contributed by atoms with Crippen LogP contribution in [0.5, 0.6) is 11.6 Å². The van der Waals surface area contributed by atoms with Gasteiger partial charge in [-0.15, -0.1) is 0 Å². The maximum Gasteiger partial charge on any atom is 0.288 e. The van der Waals surface area contributed by atoms with Crippen molar-refractivity contribution in [3.63, 3.8) is 0 Å². The molecule has 20 heavy (non-hydrogen) atoms. The fraction of sp³-hybridized carbons (Fsp3) is 0.0769. The number of nitrogens with two attached hydrogens (primary N) is 1. The number of carbonyl (C=O) groups is 1. The molecule has 1 aromatic heterocycles. The van der Waals surface area contributed by atoms with E-state index in [-0.39, 0.29) is 11.6 Å². The molecule has 0 fully saturated rings. The Kier molecular flexibility index (Phi) is 3.60. The number of benzene rings is 1. The summed E-state index contributed by atoms with van der Waals surface area (Å²) in [6.45, 7) is 1.66. The van der Waals surface area contributed by atoms with E-state index in [0.717, 1.165) is 6.20 Å². The van der Waals surface area contributed by atoms with Gasteiger partial charge in [0.15, 0.2) is 0 Å². The third-order valence-corrected chi connectivity index (χ3v) is 2.58. The summed E-state index contributed by atoms with van der Waals surface area (Å²) in [5, 5.41) is 10.6. The third kappa shape index (κ3) is 2.89. The van der Waals surface area contributed by atoms with E-state index in [0.29, 0.717) is 16.9 Å². The van der Waals surface area contributed by atoms with Gasteiger partial charge < -0.3 is 10.5 Å². The topological polar surface area (TPSA) is 108 Å². The number of pyridine rings is 1. The monoisotopic (exact) mass is 273 g/mol. The fourth-order valence-corrected chi connectivity index (χ4v) is 1.55. The molecule has 1 aromatic carbocycles. The van der Waals surface area contributed by atoms with Crippen molar-refractivity contribution in [3.05, 3.63) is 57.8 Å². The molecule has 0 saturated heterocycles. The predicted molar refractivity (Wildman–Crippen MR) is 70.7 cm³/mol. The first kappa shape index (κ1) is 13.5. The average molecular weight is 273 g/mol. The van der Waals surface area contributed by atoms with Crippen LogP contribution in [0.15, 0.2) is 36.5 Å². The van der Waals surface area contributed by atoms with Crippen molar-refractivity contribution in [1.29, 1.82) is 0 Å². The lowest BCUT2D eigenvalue weighted by Crippen LogP contribution is -2.10. The van der Waals surface area contributed by atoms with Crippen LogP contribution in [0.3, 0.4) is 0 Å². The largest absolute Gasteiger partial charge is 0.439 e. The van der Waals surface area contributed by atoms with Gasteiger partial charge in [-0.25, -0.2) is 4.98 Å². The van der Waals surface area contributed by atoms with Gasteiger partial charge >= 0.3 is 0 Å². The molecule has 7 nitrogen and oxygen atoms in total. The summed E-state index contributed by atoms with van der Waals surface area (Å²) in [5.41, 5.74) is 5.94. The molecule has 0 aliphatic rings. The second-order valence-electron chi connectivity index (χ2n) is 4.06. The molecule has 1 amide bonds. The molecule has 0 atom stereocenters. The van der Waals surface area contributed by atoms with E-state index in [1.807, 2.05) is 0 Å². The molecule has 0 aliphatic carbocycles. The Morgan fingerprint density at radius 2 is 2.00 bits per heavy atom. The van der Waals surface area contributed by atoms with Gasteiger partial charge in [-0.2, -0.15) is 0 Å². The molecule has 0 unspecified atom stereocenters. The van der Waals surface area contributed by atoms with Gasteiger partial charge in [0.1, 0.15) is 11.9 Å². The molecule has 2 aromatic rings. The predicted octanol–water partition coefficient (Wildman–Crippen LogP) is 2.19. The lowest BCUT2D eigenvalue weighted by atomic mass is 10.2. The zero-order chi connectivity index (χ0) is 14.7. The highest BCUT2D eigenvalue weighted by molar-refractivity contribution is 5.92. The Balaban J connectivity index is 2.21. The molecule has 7 heteroatoms. The second kappa shape index (κ2) is 5.35. The molecule has 0 spiro atoms. The molecule has 0 aliphatic heterocycles. The van der Waals surface area contributed by atoms with Crippen LogP contribution in [0, 0.1) is 17.0 Å². The zero-order valence-electron chi connectivity index (χ0n) is 10.6. The van der Waals surface area contributed by atoms with Gasteiger partial charge in [0.25, 0.3) is 5.69 Å². The second-order valence-corrected chi connectivity index (χ2v) is 4.06. The molecule has 2 N–H and O–H groups in total. The number of ether oxygens (including phenoxy) is 1. The maximum absolute atomic E-state index is 10.9. The number of aryl methyl sites for hydroxylation is 1. The number of aromatic nitrogens is 1. The van der Waals surface area contributed by atoms with Crippen molar-refractivity contribution in [2.24, 2.45) is 5.73 Å². The van der Waals surface area contributed by atoms with Crippen molar-refractivity contribution in [2.45, 2.75) is 6.92 Å². The summed E-state index contributed by atoms with van der Waals surface area (Å²) >= 11 is 0. The SMILES string of the molecule is Cc1cc([N+](=O)[O-])cnc1Oc1ccc(C(N)=O)cc1. The van der Waals surface area contributed by atoms with E-state index in [2.05, 4.69) is 4.98 Å². The number of rotatable bonds is 4. The molecular weight excluding hydrogens is 262 g/mol. The third-order valence-electron chi connectivity index (χ3n) is 2.58. The van der Waals surface area contributed by atoms with Crippen LogP contribution < -0.4 is 10.5 Å². The van der Waals surface area contributed by atoms with Gasteiger partial charge in [0.05, 0.1) is 4.92 Å². The highest BCUT2D eigenvalue weighted by Crippen LogP contribution is 2.25. The van der Waals surface area contributed by atoms with Crippen LogP contribution in [-0.2, 0) is 0 Å². The van der Waals surface area contributed by atoms with E-state index in [1.54, 1.807) is 19.1 Å². The van der Waals surface area contributed by atoms with Crippen molar-refractivity contribution in [1.82, 2.24) is 4.98 Å². The lowest BCUT2D eigenvalue weighted by Gasteiger charge is -2.07. The van der Waals surface area contributed by atoms with Crippen molar-refractivity contribution < 1.29 is 14.5 Å². The number of hydrogen-bond donors (Lipinski definition) is 1. The smallest absolute Gasteiger partial charge is 0.288 e. The summed E-state index contributed by atoms with van der Waals surface area (Å²) in [7, 11) is 0. The van der Waals surface area contributed by atoms with Crippen molar-refractivity contribution in [2.75, 3.05) is 0 Å². The molecule has 0 saturated carbocycles. The highest BCUT2D eigenvalue weighted by Gasteiger charge is 2.11. The maximum atomic E-state index is 10.9. The molecule has 102 valence electrons. The van der Waals surface area contributed by atoms with E-state index in [1.165, 1.54) is 18.2 Å². The molecule has 0 bridgehead atoms. The van der Waals surface area contributed by atoms with Gasteiger partial charge in [-0.1, -0.05) is 0 Å². The first-order valence-corrected chi connectivity index (χ1v) is 5.66. The average Bonchev–Trinajstić information content (AvgIpc) is 2.41. The van der Waals surface area contributed by atoms with Crippen molar-refractivity contribution >= 4 is 11.6 Å². The highest BCUT2D eigenvalue weighted by atomic mass is 16.6. The van der Waals surface area contributed by atoms with E-state index >= 15 is 0 Å². The van der Waals surface area contributed by atoms with Crippen molar-refractivity contribution in [3.8, 4) is 11.6 Å². The van der Waals surface area contributed by atoms with Gasteiger partial charge in [-0.3, -0.25) is 14.9 Å². The Morgan fingerprint density at radius 3 is 2.50 bits per heavy atom. The molecule has 2 rings (SSSR count). The first-order chi connectivity index (χ1) is 9.47. The van der Waals surface area contributed by atoms with E-state index in [4.69, 9.17) is 10.5 Å².